The van der Waals surface area contributed by atoms with Crippen LogP contribution < -0.4 is 5.32 Å². The molecule has 26 heavy (non-hydrogen) atoms. The summed E-state index contributed by atoms with van der Waals surface area (Å²) in [6.07, 6.45) is -1.03. The Morgan fingerprint density at radius 2 is 2.00 bits per heavy atom. The molecule has 0 saturated heterocycles. The highest BCUT2D eigenvalue weighted by Gasteiger charge is 2.66. The Balaban J connectivity index is 1.86. The van der Waals surface area contributed by atoms with Crippen molar-refractivity contribution in [3.8, 4) is 0 Å². The topological polar surface area (TPSA) is 46.9 Å². The molecule has 1 aliphatic rings. The summed E-state index contributed by atoms with van der Waals surface area (Å²) in [5.74, 6) is -5.35. The smallest absolute Gasteiger partial charge is 0.281 e. The van der Waals surface area contributed by atoms with E-state index in [9.17, 15) is 22.4 Å². The summed E-state index contributed by atoms with van der Waals surface area (Å²) in [5, 5.41) is 2.57. The van der Waals surface area contributed by atoms with Crippen molar-refractivity contribution in [2.45, 2.75) is 57.7 Å². The average Bonchev–Trinajstić information content (AvgIpc) is 2.83. The van der Waals surface area contributed by atoms with Gasteiger partial charge in [0.15, 0.2) is 5.67 Å². The summed E-state index contributed by atoms with van der Waals surface area (Å²) >= 11 is 0. The minimum atomic E-state index is -3.41. The number of anilines is 1. The zero-order valence-electron chi connectivity index (χ0n) is 15.0. The molecule has 0 bridgehead atoms. The maximum atomic E-state index is 14.0. The van der Waals surface area contributed by atoms with Gasteiger partial charge in [0.2, 0.25) is 11.9 Å². The first-order chi connectivity index (χ1) is 11.8. The van der Waals surface area contributed by atoms with Crippen LogP contribution in [0.3, 0.4) is 0 Å². The fraction of sp³-hybridized carbons (Fsp3) is 0.556. The normalized spacial score (nSPS) is 25.2. The fourth-order valence-corrected chi connectivity index (χ4v) is 3.35. The highest BCUT2D eigenvalue weighted by Crippen LogP contribution is 2.55. The van der Waals surface area contributed by atoms with Crippen LogP contribution in [-0.4, -0.2) is 27.0 Å². The number of aromatic nitrogens is 2. The highest BCUT2D eigenvalue weighted by molar-refractivity contribution is 5.92. The number of hydrogen-bond acceptors (Lipinski definition) is 2. The van der Waals surface area contributed by atoms with Crippen LogP contribution in [-0.2, 0) is 10.3 Å². The van der Waals surface area contributed by atoms with E-state index in [1.54, 1.807) is 10.6 Å². The Bertz CT molecular complexity index is 867. The van der Waals surface area contributed by atoms with Crippen LogP contribution in [0.5, 0.6) is 0 Å². The van der Waals surface area contributed by atoms with Crippen molar-refractivity contribution < 1.29 is 22.4 Å². The van der Waals surface area contributed by atoms with Gasteiger partial charge in [0.1, 0.15) is 5.82 Å². The molecule has 1 aromatic heterocycles. The van der Waals surface area contributed by atoms with Gasteiger partial charge >= 0.3 is 0 Å². The second kappa shape index (κ2) is 5.69. The highest BCUT2D eigenvalue weighted by atomic mass is 19.3. The number of nitrogens with zero attached hydrogens (tertiary/aromatic N) is 2. The van der Waals surface area contributed by atoms with Crippen LogP contribution in [0.25, 0.3) is 11.0 Å². The van der Waals surface area contributed by atoms with Gasteiger partial charge in [-0.15, -0.1) is 0 Å². The third kappa shape index (κ3) is 2.95. The lowest BCUT2D eigenvalue weighted by atomic mass is 9.67. The number of benzene rings is 1. The van der Waals surface area contributed by atoms with Crippen molar-refractivity contribution in [3.05, 3.63) is 24.0 Å². The van der Waals surface area contributed by atoms with Gasteiger partial charge in [-0.05, 0) is 39.8 Å². The first-order valence-corrected chi connectivity index (χ1v) is 8.38. The minimum Gasteiger partial charge on any atom is -0.305 e. The van der Waals surface area contributed by atoms with E-state index >= 15 is 0 Å². The van der Waals surface area contributed by atoms with E-state index in [0.29, 0.717) is 11.0 Å². The van der Waals surface area contributed by atoms with Crippen LogP contribution in [0.2, 0.25) is 0 Å². The first kappa shape index (κ1) is 18.7. The van der Waals surface area contributed by atoms with E-state index in [4.69, 9.17) is 0 Å². The number of hydrogen-bond donors (Lipinski definition) is 1. The van der Waals surface area contributed by atoms with Crippen molar-refractivity contribution in [2.75, 3.05) is 5.32 Å². The summed E-state index contributed by atoms with van der Waals surface area (Å²) in [6.45, 7) is 6.48. The summed E-state index contributed by atoms with van der Waals surface area (Å²) in [6, 6.07) is 4.10. The maximum Gasteiger partial charge on any atom is 0.281 e. The lowest BCUT2D eigenvalue weighted by molar-refractivity contribution is -0.242. The molecule has 1 amide bonds. The second-order valence-corrected chi connectivity index (χ2v) is 8.01. The molecule has 142 valence electrons. The van der Waals surface area contributed by atoms with Gasteiger partial charge in [-0.1, -0.05) is 0 Å². The van der Waals surface area contributed by atoms with Crippen LogP contribution in [0.1, 0.15) is 40.5 Å². The predicted molar refractivity (Wildman–Crippen MR) is 90.5 cm³/mol. The molecule has 1 aliphatic carbocycles. The lowest BCUT2D eigenvalue weighted by Crippen LogP contribution is -2.60. The van der Waals surface area contributed by atoms with Crippen molar-refractivity contribution in [3.63, 3.8) is 0 Å². The molecule has 2 aromatic rings. The number of nitrogens with one attached hydrogen (secondary N) is 1. The lowest BCUT2D eigenvalue weighted by Gasteiger charge is -2.47. The molecular weight excluding hydrogens is 350 g/mol. The zero-order valence-corrected chi connectivity index (χ0v) is 15.0. The molecule has 1 saturated carbocycles. The Morgan fingerprint density at radius 1 is 1.35 bits per heavy atom. The van der Waals surface area contributed by atoms with Gasteiger partial charge in [0.25, 0.3) is 5.92 Å². The largest absolute Gasteiger partial charge is 0.305 e. The molecule has 3 rings (SSSR count). The molecule has 8 heteroatoms. The SMILES string of the molecule is CC(C)(C)n1c(NC(=O)CC2CC(F)(F)C2(C)F)nc2cc(F)ccc21. The van der Waals surface area contributed by atoms with E-state index in [2.05, 4.69) is 10.3 Å². The Labute approximate surface area is 148 Å². The maximum absolute atomic E-state index is 14.0. The second-order valence-electron chi connectivity index (χ2n) is 8.01. The van der Waals surface area contributed by atoms with Gasteiger partial charge in [0.05, 0.1) is 11.0 Å². The molecule has 1 fully saturated rings. The quantitative estimate of drug-likeness (QED) is 0.799. The summed E-state index contributed by atoms with van der Waals surface area (Å²) < 4.78 is 55.8. The fourth-order valence-electron chi connectivity index (χ4n) is 3.35. The first-order valence-electron chi connectivity index (χ1n) is 8.38. The molecular formula is C18H21F4N3O. The number of alkyl halides is 3. The van der Waals surface area contributed by atoms with Crippen molar-refractivity contribution in [1.29, 1.82) is 0 Å². The van der Waals surface area contributed by atoms with Crippen molar-refractivity contribution >= 4 is 22.9 Å². The number of carbonyl (C=O) groups excluding carboxylic acids is 1. The van der Waals surface area contributed by atoms with Gasteiger partial charge < -0.3 is 4.57 Å². The van der Waals surface area contributed by atoms with E-state index in [1.165, 1.54) is 12.1 Å². The number of halogens is 4. The molecule has 4 nitrogen and oxygen atoms in total. The molecule has 1 heterocycles. The molecule has 0 spiro atoms. The minimum absolute atomic E-state index is 0.176. The molecule has 2 unspecified atom stereocenters. The number of fused-ring (bicyclic) bond motifs is 1. The predicted octanol–water partition coefficient (Wildman–Crippen LogP) is 4.64. The van der Waals surface area contributed by atoms with Crippen molar-refractivity contribution in [1.82, 2.24) is 9.55 Å². The Morgan fingerprint density at radius 3 is 2.54 bits per heavy atom. The zero-order chi connectivity index (χ0) is 19.5. The van der Waals surface area contributed by atoms with Crippen LogP contribution >= 0.6 is 0 Å². The molecule has 1 N–H and O–H groups in total. The third-order valence-electron chi connectivity index (χ3n) is 4.95. The van der Waals surface area contributed by atoms with Gasteiger partial charge in [0, 0.05) is 30.4 Å². The monoisotopic (exact) mass is 371 g/mol. The summed E-state index contributed by atoms with van der Waals surface area (Å²) in [7, 11) is 0. The number of carbonyl (C=O) groups is 1. The van der Waals surface area contributed by atoms with Crippen LogP contribution in [0, 0.1) is 11.7 Å². The number of rotatable bonds is 3. The van der Waals surface area contributed by atoms with Gasteiger partial charge in [-0.25, -0.2) is 22.5 Å². The van der Waals surface area contributed by atoms with Gasteiger partial charge in [-0.3, -0.25) is 10.1 Å². The molecule has 0 radical (unpaired) electrons. The summed E-state index contributed by atoms with van der Waals surface area (Å²) in [5.41, 5.74) is -2.19. The van der Waals surface area contributed by atoms with E-state index in [-0.39, 0.29) is 12.4 Å². The Kier molecular flexibility index (Phi) is 4.08. The van der Waals surface area contributed by atoms with E-state index < -0.39 is 41.2 Å². The third-order valence-corrected chi connectivity index (χ3v) is 4.95. The summed E-state index contributed by atoms with van der Waals surface area (Å²) in [4.78, 5) is 16.5. The van der Waals surface area contributed by atoms with Crippen LogP contribution in [0.15, 0.2) is 18.2 Å². The van der Waals surface area contributed by atoms with E-state index in [1.807, 2.05) is 20.8 Å². The molecule has 2 atom stereocenters. The number of imidazole rings is 1. The van der Waals surface area contributed by atoms with Crippen molar-refractivity contribution in [2.24, 2.45) is 5.92 Å². The average molecular weight is 371 g/mol. The standard InChI is InChI=1S/C18H21F4N3O/c1-16(2,3)25-13-6-5-11(19)8-12(13)23-15(25)24-14(26)7-10-9-18(21,22)17(10,4)20/h5-6,8,10H,7,9H2,1-4H3,(H,23,24,26). The Hall–Kier alpha value is -2.12. The van der Waals surface area contributed by atoms with E-state index in [0.717, 1.165) is 6.92 Å². The molecule has 1 aromatic carbocycles. The van der Waals surface area contributed by atoms with Crippen LogP contribution in [0.4, 0.5) is 23.5 Å². The van der Waals surface area contributed by atoms with Gasteiger partial charge in [-0.2, -0.15) is 0 Å². The molecule has 0 aliphatic heterocycles. The number of amides is 1.